The predicted octanol–water partition coefficient (Wildman–Crippen LogP) is 16.0. The van der Waals surface area contributed by atoms with E-state index in [0.29, 0.717) is 11.8 Å². The van der Waals surface area contributed by atoms with E-state index in [9.17, 15) is 0 Å². The second kappa shape index (κ2) is 17.9. The Morgan fingerprint density at radius 2 is 1.11 bits per heavy atom. The molecule has 0 aromatic heterocycles. The zero-order valence-corrected chi connectivity index (χ0v) is 35.5. The molecule has 0 heteroatoms. The lowest BCUT2D eigenvalue weighted by Crippen LogP contribution is -2.14. The molecule has 2 aliphatic carbocycles. The summed E-state index contributed by atoms with van der Waals surface area (Å²) in [6.45, 7) is 2.35. The minimum absolute atomic E-state index is 0.0684. The molecule has 3 unspecified atom stereocenters. The molecule has 62 heavy (non-hydrogen) atoms. The van der Waals surface area contributed by atoms with E-state index in [0.717, 1.165) is 25.7 Å². The maximum Gasteiger partial charge on any atom is 0.0346 e. The number of benzene rings is 8. The van der Waals surface area contributed by atoms with Gasteiger partial charge in [0, 0.05) is 11.8 Å². The molecular weight excluding hydrogens is 745 g/mol. The fourth-order valence-electron chi connectivity index (χ4n) is 10.2. The van der Waals surface area contributed by atoms with Crippen molar-refractivity contribution in [1.82, 2.24) is 0 Å². The molecule has 0 nitrogen and oxygen atoms in total. The zero-order valence-electron chi connectivity index (χ0n) is 35.5. The second-order valence-electron chi connectivity index (χ2n) is 17.1. The highest BCUT2D eigenvalue weighted by Gasteiger charge is 2.27. The molecule has 0 amide bonds. The van der Waals surface area contributed by atoms with Gasteiger partial charge in [-0.15, -0.1) is 0 Å². The molecule has 0 fully saturated rings. The van der Waals surface area contributed by atoms with E-state index >= 15 is 0 Å². The molecule has 2 aliphatic rings. The van der Waals surface area contributed by atoms with Gasteiger partial charge < -0.3 is 0 Å². The van der Waals surface area contributed by atoms with E-state index in [4.69, 9.17) is 0 Å². The third kappa shape index (κ3) is 8.09. The van der Waals surface area contributed by atoms with Crippen molar-refractivity contribution in [2.75, 3.05) is 0 Å². The molecule has 300 valence electrons. The van der Waals surface area contributed by atoms with Gasteiger partial charge in [-0.05, 0) is 127 Å². The Bertz CT molecular complexity index is 2930. The summed E-state index contributed by atoms with van der Waals surface area (Å²) >= 11 is 0. The number of rotatable bonds is 11. The van der Waals surface area contributed by atoms with E-state index in [1.165, 1.54) is 88.7 Å². The van der Waals surface area contributed by atoms with Crippen LogP contribution in [0, 0.1) is 5.92 Å². The largest absolute Gasteiger partial charge is 0.0836 e. The summed E-state index contributed by atoms with van der Waals surface area (Å²) in [7, 11) is 0. The summed E-state index contributed by atoms with van der Waals surface area (Å²) < 4.78 is 0. The van der Waals surface area contributed by atoms with Crippen molar-refractivity contribution in [3.05, 3.63) is 286 Å². The number of fused-ring (bicyclic) bond motifs is 1. The third-order valence-corrected chi connectivity index (χ3v) is 13.3. The molecule has 8 aromatic carbocycles. The highest BCUT2D eigenvalue weighted by molar-refractivity contribution is 5.93. The Balaban J connectivity index is 1.02. The molecule has 0 radical (unpaired) electrons. The monoisotopic (exact) mass is 796 g/mol. The van der Waals surface area contributed by atoms with Gasteiger partial charge in [0.2, 0.25) is 0 Å². The van der Waals surface area contributed by atoms with Crippen molar-refractivity contribution in [2.45, 2.75) is 44.4 Å². The standard InChI is InChI=1S/C62H52/c1-44-55(49-22-10-4-11-23-49)39-38-54(43-45-18-6-2-7-19-45)61(44)57-27-15-14-26-53(57)42-46-30-32-51(33-31-46)62(52-36-34-48(35-37-52)47-20-8-3-9-21-47)60-41-40-56(50-24-12-5-13-25-50)58-28-16-17-29-59(58)60/h2-24,26-37,39-41,50,54,62H,25,38,42-43H2,1H3. The van der Waals surface area contributed by atoms with Crippen molar-refractivity contribution in [3.63, 3.8) is 0 Å². The van der Waals surface area contributed by atoms with Gasteiger partial charge in [0.1, 0.15) is 0 Å². The van der Waals surface area contributed by atoms with Crippen LogP contribution in [-0.2, 0) is 12.8 Å². The van der Waals surface area contributed by atoms with Crippen molar-refractivity contribution in [1.29, 1.82) is 0 Å². The van der Waals surface area contributed by atoms with Gasteiger partial charge >= 0.3 is 0 Å². The van der Waals surface area contributed by atoms with Crippen molar-refractivity contribution < 1.29 is 0 Å². The molecule has 0 aliphatic heterocycles. The fraction of sp³-hybridized carbons (Fsp3) is 0.129. The molecular formula is C62H52. The van der Waals surface area contributed by atoms with Crippen molar-refractivity contribution >= 4 is 21.9 Å². The Morgan fingerprint density at radius 1 is 0.500 bits per heavy atom. The first-order valence-electron chi connectivity index (χ1n) is 22.4. The van der Waals surface area contributed by atoms with Gasteiger partial charge in [0.05, 0.1) is 0 Å². The van der Waals surface area contributed by atoms with Gasteiger partial charge in [-0.3, -0.25) is 0 Å². The van der Waals surface area contributed by atoms with Crippen LogP contribution in [0.2, 0.25) is 0 Å². The summed E-state index contributed by atoms with van der Waals surface area (Å²) in [6, 6.07) is 74.5. The van der Waals surface area contributed by atoms with Gasteiger partial charge in [-0.25, -0.2) is 0 Å². The molecule has 0 saturated carbocycles. The highest BCUT2D eigenvalue weighted by atomic mass is 14.3. The van der Waals surface area contributed by atoms with Crippen LogP contribution in [-0.4, -0.2) is 0 Å². The zero-order chi connectivity index (χ0) is 41.7. The topological polar surface area (TPSA) is 0 Å². The summed E-state index contributed by atoms with van der Waals surface area (Å²) in [4.78, 5) is 0. The molecule has 0 bridgehead atoms. The number of allylic oxidation sites excluding steroid dienone is 8. The van der Waals surface area contributed by atoms with Crippen LogP contribution in [0.4, 0.5) is 0 Å². The molecule has 0 spiro atoms. The van der Waals surface area contributed by atoms with E-state index in [1.54, 1.807) is 0 Å². The molecule has 0 heterocycles. The average molecular weight is 797 g/mol. The fourth-order valence-corrected chi connectivity index (χ4v) is 10.2. The molecule has 8 aromatic rings. The normalized spacial score (nSPS) is 16.6. The number of hydrogen-bond donors (Lipinski definition) is 0. The Hall–Kier alpha value is -7.02. The Labute approximate surface area is 368 Å². The van der Waals surface area contributed by atoms with Crippen molar-refractivity contribution in [2.24, 2.45) is 5.92 Å². The lowest BCUT2D eigenvalue weighted by atomic mass is 9.74. The van der Waals surface area contributed by atoms with Crippen LogP contribution >= 0.6 is 0 Å². The van der Waals surface area contributed by atoms with Gasteiger partial charge in [0.25, 0.3) is 0 Å². The molecule has 3 atom stereocenters. The smallest absolute Gasteiger partial charge is 0.0346 e. The maximum absolute atomic E-state index is 2.48. The lowest BCUT2D eigenvalue weighted by molar-refractivity contribution is 0.669. The van der Waals surface area contributed by atoms with Crippen LogP contribution < -0.4 is 0 Å². The first-order chi connectivity index (χ1) is 30.7. The van der Waals surface area contributed by atoms with E-state index in [2.05, 4.69) is 237 Å². The molecule has 0 saturated heterocycles. The Kier molecular flexibility index (Phi) is 11.3. The van der Waals surface area contributed by atoms with E-state index < -0.39 is 0 Å². The van der Waals surface area contributed by atoms with Gasteiger partial charge in [-0.2, -0.15) is 0 Å². The Morgan fingerprint density at radius 3 is 1.82 bits per heavy atom. The van der Waals surface area contributed by atoms with Crippen LogP contribution in [0.3, 0.4) is 0 Å². The second-order valence-corrected chi connectivity index (χ2v) is 17.1. The summed E-state index contributed by atoms with van der Waals surface area (Å²) in [5.41, 5.74) is 18.8. The predicted molar refractivity (Wildman–Crippen MR) is 263 cm³/mol. The van der Waals surface area contributed by atoms with Gasteiger partial charge in [0.15, 0.2) is 0 Å². The van der Waals surface area contributed by atoms with Crippen LogP contribution in [0.5, 0.6) is 0 Å². The average Bonchev–Trinajstić information content (AvgIpc) is 3.34. The van der Waals surface area contributed by atoms with Gasteiger partial charge in [-0.1, -0.05) is 231 Å². The minimum atomic E-state index is 0.0684. The summed E-state index contributed by atoms with van der Waals surface area (Å²) in [6.07, 6.45) is 15.4. The number of hydrogen-bond acceptors (Lipinski definition) is 0. The molecule has 10 rings (SSSR count). The van der Waals surface area contributed by atoms with E-state index in [1.807, 2.05) is 0 Å². The van der Waals surface area contributed by atoms with Crippen LogP contribution in [0.25, 0.3) is 33.0 Å². The first kappa shape index (κ1) is 39.1. The summed E-state index contributed by atoms with van der Waals surface area (Å²) in [5, 5.41) is 2.67. The first-order valence-corrected chi connectivity index (χ1v) is 22.4. The highest BCUT2D eigenvalue weighted by Crippen LogP contribution is 2.44. The maximum atomic E-state index is 2.48. The lowest BCUT2D eigenvalue weighted by Gasteiger charge is -2.30. The van der Waals surface area contributed by atoms with Crippen LogP contribution in [0.1, 0.15) is 81.7 Å². The third-order valence-electron chi connectivity index (χ3n) is 13.3. The minimum Gasteiger partial charge on any atom is -0.0836 e. The van der Waals surface area contributed by atoms with E-state index in [-0.39, 0.29) is 5.92 Å². The molecule has 0 N–H and O–H groups in total. The summed E-state index contributed by atoms with van der Waals surface area (Å²) in [5.74, 6) is 0.848. The quantitative estimate of drug-likeness (QED) is 0.114. The van der Waals surface area contributed by atoms with Crippen molar-refractivity contribution in [3.8, 4) is 11.1 Å². The SMILES string of the molecule is CC1=C(c2ccccc2Cc2ccc(C(c3ccc(-c4ccccc4)cc3)c3ccc(C4C=CC=CC4)c4ccccc34)cc2)C(Cc2ccccc2)CC=C1c1ccccc1. The van der Waals surface area contributed by atoms with Crippen LogP contribution in [0.15, 0.2) is 236 Å².